The summed E-state index contributed by atoms with van der Waals surface area (Å²) >= 11 is 2.63. The second kappa shape index (κ2) is 7.04. The van der Waals surface area contributed by atoms with Gasteiger partial charge in [-0.05, 0) is 27.9 Å². The highest BCUT2D eigenvalue weighted by Gasteiger charge is 1.79. The molecule has 0 N–H and O–H groups in total. The number of carbonyl (C=O) groups excluding carboxylic acids is 1. The number of benzene rings is 1. The molecule has 1 aromatic carbocycles. The van der Waals surface area contributed by atoms with Gasteiger partial charge in [0.2, 0.25) is 0 Å². The quantitative estimate of drug-likeness (QED) is 0.676. The van der Waals surface area contributed by atoms with E-state index in [4.69, 9.17) is 0 Å². The van der Waals surface area contributed by atoms with E-state index in [9.17, 15) is 4.79 Å². The lowest BCUT2D eigenvalue weighted by Gasteiger charge is -1.89. The van der Waals surface area contributed by atoms with Crippen LogP contribution in [0.4, 0.5) is 0 Å². The Morgan fingerprint density at radius 2 is 1.75 bits per heavy atom. The van der Waals surface area contributed by atoms with Crippen LogP contribution in [0.3, 0.4) is 0 Å². The van der Waals surface area contributed by atoms with Crippen molar-refractivity contribution >= 4 is 20.6 Å². The van der Waals surface area contributed by atoms with Crippen LogP contribution < -0.4 is 0 Å². The molecule has 0 aliphatic rings. The van der Waals surface area contributed by atoms with Gasteiger partial charge >= 0.3 is 0 Å². The van der Waals surface area contributed by atoms with Crippen LogP contribution in [0.5, 0.6) is 0 Å². The van der Waals surface area contributed by atoms with E-state index in [1.54, 1.807) is 0 Å². The van der Waals surface area contributed by atoms with Gasteiger partial charge in [0.1, 0.15) is 0 Å². The summed E-state index contributed by atoms with van der Waals surface area (Å²) in [5, 5.41) is 0. The van der Waals surface area contributed by atoms with Crippen LogP contribution in [0.25, 0.3) is 0 Å². The first kappa shape index (κ1) is 11.4. The van der Waals surface area contributed by atoms with Crippen molar-refractivity contribution in [2.75, 3.05) is 0 Å². The van der Waals surface area contributed by atoms with Gasteiger partial charge in [-0.3, -0.25) is 4.79 Å². The largest absolute Gasteiger partial charge is 0.287 e. The van der Waals surface area contributed by atoms with Crippen molar-refractivity contribution in [3.05, 3.63) is 35.9 Å². The third-order valence-corrected chi connectivity index (χ3v) is 1.25. The van der Waals surface area contributed by atoms with Crippen LogP contribution in [-0.2, 0) is 11.2 Å². The lowest BCUT2D eigenvalue weighted by molar-refractivity contribution is -0.108. The van der Waals surface area contributed by atoms with Crippen LogP contribution in [0.15, 0.2) is 30.3 Å². The summed E-state index contributed by atoms with van der Waals surface area (Å²) in [7, 11) is 0. The summed E-state index contributed by atoms with van der Waals surface area (Å²) in [6.45, 7) is 3.61. The molecule has 2 heteroatoms. The van der Waals surface area contributed by atoms with Crippen molar-refractivity contribution in [3.63, 3.8) is 0 Å². The number of halogens is 1. The van der Waals surface area contributed by atoms with Crippen LogP contribution in [0, 0.1) is 0 Å². The van der Waals surface area contributed by atoms with Crippen molar-refractivity contribution in [2.45, 2.75) is 20.3 Å². The zero-order valence-electron chi connectivity index (χ0n) is 7.38. The molecular weight excluding hydrogens is 216 g/mol. The number of carbonyl (C=O) groups is 1. The summed E-state index contributed by atoms with van der Waals surface area (Å²) < 4.78 is -0.0208. The van der Waals surface area contributed by atoms with Crippen molar-refractivity contribution in [1.82, 2.24) is 0 Å². The molecule has 0 saturated heterocycles. The molecule has 0 heterocycles. The fourth-order valence-electron chi connectivity index (χ4n) is 0.714. The Labute approximate surface area is 81.9 Å². The Morgan fingerprint density at radius 3 is 2.00 bits per heavy atom. The van der Waals surface area contributed by atoms with E-state index in [1.165, 1.54) is 12.5 Å². The van der Waals surface area contributed by atoms with Gasteiger partial charge in [0, 0.05) is 6.92 Å². The van der Waals surface area contributed by atoms with Gasteiger partial charge in [-0.2, -0.15) is 0 Å². The van der Waals surface area contributed by atoms with Crippen LogP contribution in [-0.4, -0.2) is 4.69 Å². The van der Waals surface area contributed by atoms with Gasteiger partial charge < -0.3 is 0 Å². The molecule has 0 unspecified atom stereocenters. The molecule has 0 spiro atoms. The Bertz CT molecular complexity index is 215. The van der Waals surface area contributed by atoms with Crippen molar-refractivity contribution in [1.29, 1.82) is 0 Å². The predicted molar refractivity (Wildman–Crippen MR) is 55.4 cm³/mol. The third kappa shape index (κ3) is 7.48. The molecule has 0 amide bonds. The summed E-state index contributed by atoms with van der Waals surface area (Å²) in [5.41, 5.74) is 1.41. The van der Waals surface area contributed by atoms with Crippen LogP contribution in [0.1, 0.15) is 19.4 Å². The number of hydrogen-bond acceptors (Lipinski definition) is 1. The van der Waals surface area contributed by atoms with E-state index < -0.39 is 0 Å². The van der Waals surface area contributed by atoms with E-state index >= 15 is 0 Å². The average Bonchev–Trinajstić information content (AvgIpc) is 2.05. The van der Waals surface area contributed by atoms with Gasteiger partial charge in [-0.15, -0.1) is 0 Å². The molecule has 12 heavy (non-hydrogen) atoms. The number of aryl methyl sites for hydroxylation is 1. The van der Waals surface area contributed by atoms with E-state index in [-0.39, 0.29) is 4.69 Å². The highest BCUT2D eigenvalue weighted by atomic mass is 79.9. The Balaban J connectivity index is 0.000000261. The first-order valence-corrected chi connectivity index (χ1v) is 4.66. The van der Waals surface area contributed by atoms with E-state index in [1.807, 2.05) is 6.07 Å². The standard InChI is InChI=1S/C8H10.C2H3BrO/c1-2-8-6-4-3-5-7-8;1-2(3)4/h3-7H,2H2,1H3;1H3. The first-order valence-electron chi connectivity index (χ1n) is 3.86. The summed E-state index contributed by atoms with van der Waals surface area (Å²) in [4.78, 5) is 9.36. The second-order valence-electron chi connectivity index (χ2n) is 2.31. The topological polar surface area (TPSA) is 17.1 Å². The Kier molecular flexibility index (Phi) is 6.67. The average molecular weight is 229 g/mol. The molecule has 0 saturated carbocycles. The highest BCUT2D eigenvalue weighted by molar-refractivity contribution is 9.18. The van der Waals surface area contributed by atoms with Crippen molar-refractivity contribution in [3.8, 4) is 0 Å². The molecule has 0 radical (unpaired) electrons. The molecule has 1 rings (SSSR count). The molecule has 0 aliphatic heterocycles. The fraction of sp³-hybridized carbons (Fsp3) is 0.300. The number of rotatable bonds is 1. The van der Waals surface area contributed by atoms with Crippen molar-refractivity contribution < 1.29 is 4.79 Å². The summed E-state index contributed by atoms with van der Waals surface area (Å²) in [5.74, 6) is 0. The normalized spacial score (nSPS) is 8.25. The second-order valence-corrected chi connectivity index (χ2v) is 3.43. The molecule has 0 aromatic heterocycles. The zero-order chi connectivity index (χ0) is 9.40. The van der Waals surface area contributed by atoms with Crippen LogP contribution >= 0.6 is 15.9 Å². The fourth-order valence-corrected chi connectivity index (χ4v) is 0.714. The van der Waals surface area contributed by atoms with Gasteiger partial charge in [0.25, 0.3) is 0 Å². The summed E-state index contributed by atoms with van der Waals surface area (Å²) in [6.07, 6.45) is 1.14. The summed E-state index contributed by atoms with van der Waals surface area (Å²) in [6, 6.07) is 10.5. The lowest BCUT2D eigenvalue weighted by Crippen LogP contribution is -1.73. The van der Waals surface area contributed by atoms with E-state index in [0.29, 0.717) is 0 Å². The monoisotopic (exact) mass is 228 g/mol. The minimum absolute atomic E-state index is 0.0208. The highest BCUT2D eigenvalue weighted by Crippen LogP contribution is 1.96. The Morgan fingerprint density at radius 1 is 1.33 bits per heavy atom. The minimum Gasteiger partial charge on any atom is -0.287 e. The van der Waals surface area contributed by atoms with Gasteiger partial charge in [0.05, 0.1) is 0 Å². The third-order valence-electron chi connectivity index (χ3n) is 1.25. The van der Waals surface area contributed by atoms with Gasteiger partial charge in [-0.25, -0.2) is 0 Å². The van der Waals surface area contributed by atoms with Gasteiger partial charge in [-0.1, -0.05) is 37.3 Å². The van der Waals surface area contributed by atoms with Crippen LogP contribution in [0.2, 0.25) is 0 Å². The molecule has 1 nitrogen and oxygen atoms in total. The SMILES string of the molecule is CC(=O)Br.CCc1ccccc1. The number of hydrogen-bond donors (Lipinski definition) is 0. The molecule has 1 aromatic rings. The molecule has 0 aliphatic carbocycles. The van der Waals surface area contributed by atoms with E-state index in [2.05, 4.69) is 47.1 Å². The smallest absolute Gasteiger partial charge is 0.194 e. The zero-order valence-corrected chi connectivity index (χ0v) is 8.97. The maximum atomic E-state index is 9.36. The van der Waals surface area contributed by atoms with Crippen molar-refractivity contribution in [2.24, 2.45) is 0 Å². The molecular formula is C10H13BrO. The maximum Gasteiger partial charge on any atom is 0.194 e. The predicted octanol–water partition coefficient (Wildman–Crippen LogP) is 3.18. The lowest BCUT2D eigenvalue weighted by atomic mass is 10.2. The maximum absolute atomic E-state index is 9.36. The Hall–Kier alpha value is -0.630. The minimum atomic E-state index is -0.0208. The molecule has 0 atom stereocenters. The molecule has 66 valence electrons. The first-order chi connectivity index (χ1) is 5.66. The van der Waals surface area contributed by atoms with E-state index in [0.717, 1.165) is 6.42 Å². The molecule has 0 fully saturated rings. The van der Waals surface area contributed by atoms with Gasteiger partial charge in [0.15, 0.2) is 4.69 Å². The molecule has 0 bridgehead atoms.